The molecule has 0 saturated carbocycles. The van der Waals surface area contributed by atoms with Crippen molar-refractivity contribution in [2.24, 2.45) is 0 Å². The molecule has 8 aromatic carbocycles. The van der Waals surface area contributed by atoms with Crippen LogP contribution in [0.4, 0.5) is 17.1 Å². The van der Waals surface area contributed by atoms with E-state index < -0.39 is 5.41 Å². The molecule has 0 radical (unpaired) electrons. The highest BCUT2D eigenvalue weighted by Crippen LogP contribution is 2.64. The minimum atomic E-state index is -0.513. The van der Waals surface area contributed by atoms with Gasteiger partial charge in [0.25, 0.3) is 0 Å². The lowest BCUT2D eigenvalue weighted by molar-refractivity contribution is 0.569. The zero-order valence-electron chi connectivity index (χ0n) is 40.3. The van der Waals surface area contributed by atoms with E-state index in [9.17, 15) is 0 Å². The fourth-order valence-electron chi connectivity index (χ4n) is 11.0. The second-order valence-corrected chi connectivity index (χ2v) is 24.1. The lowest BCUT2D eigenvalue weighted by atomic mass is 9.68. The normalized spacial score (nSPS) is 14.3. The molecule has 0 N–H and O–H groups in total. The summed E-state index contributed by atoms with van der Waals surface area (Å²) in [5.74, 6) is 0. The Kier molecular flexibility index (Phi) is 9.00. The summed E-state index contributed by atoms with van der Waals surface area (Å²) < 4.78 is 2.62. The third-order valence-electron chi connectivity index (χ3n) is 14.7. The van der Waals surface area contributed by atoms with Crippen LogP contribution in [0.25, 0.3) is 53.2 Å². The van der Waals surface area contributed by atoms with Gasteiger partial charge in [-0.15, -0.1) is 11.3 Å². The second kappa shape index (κ2) is 14.0. The number of nitrogens with zero attached hydrogens (tertiary/aromatic N) is 1. The average Bonchev–Trinajstić information content (AvgIpc) is 3.89. The highest BCUT2D eigenvalue weighted by molar-refractivity contribution is 7.26. The number of thiophene rings is 1. The molecule has 2 aliphatic carbocycles. The summed E-state index contributed by atoms with van der Waals surface area (Å²) in [6.45, 7) is 28.2. The van der Waals surface area contributed by atoms with Crippen LogP contribution in [0.3, 0.4) is 0 Å². The fourth-order valence-corrected chi connectivity index (χ4v) is 12.2. The minimum absolute atomic E-state index is 0.0182. The van der Waals surface area contributed by atoms with E-state index in [-0.39, 0.29) is 21.7 Å². The molecule has 2 heteroatoms. The average molecular weight is 864 g/mol. The molecular weight excluding hydrogens is 803 g/mol. The number of hydrogen-bond acceptors (Lipinski definition) is 2. The van der Waals surface area contributed by atoms with Crippen molar-refractivity contribution in [2.75, 3.05) is 4.90 Å². The molecule has 0 aliphatic heterocycles. The fraction of sp³-hybridized carbons (Fsp3) is 0.270. The van der Waals surface area contributed by atoms with Crippen LogP contribution in [0.2, 0.25) is 0 Å². The van der Waals surface area contributed by atoms with Gasteiger partial charge in [0.05, 0.1) is 15.8 Å². The van der Waals surface area contributed by atoms with E-state index >= 15 is 0 Å². The number of benzene rings is 8. The molecule has 0 bridgehead atoms. The monoisotopic (exact) mass is 863 g/mol. The van der Waals surface area contributed by atoms with Gasteiger partial charge in [-0.1, -0.05) is 198 Å². The van der Waals surface area contributed by atoms with Crippen LogP contribution in [0, 0.1) is 0 Å². The van der Waals surface area contributed by atoms with Crippen LogP contribution in [-0.4, -0.2) is 0 Å². The van der Waals surface area contributed by atoms with E-state index in [2.05, 4.69) is 240 Å². The van der Waals surface area contributed by atoms with Crippen molar-refractivity contribution in [2.45, 2.75) is 110 Å². The first kappa shape index (κ1) is 41.7. The molecule has 1 nitrogen and oxygen atoms in total. The largest absolute Gasteiger partial charge is 0.309 e. The van der Waals surface area contributed by atoms with E-state index in [0.29, 0.717) is 0 Å². The maximum Gasteiger partial charge on any atom is 0.0726 e. The van der Waals surface area contributed by atoms with Crippen molar-refractivity contribution >= 4 is 59.3 Å². The van der Waals surface area contributed by atoms with Gasteiger partial charge in [-0.2, -0.15) is 0 Å². The van der Waals surface area contributed by atoms with Gasteiger partial charge in [-0.05, 0) is 136 Å². The molecule has 11 rings (SSSR count). The van der Waals surface area contributed by atoms with Gasteiger partial charge in [0, 0.05) is 26.8 Å². The number of fused-ring (bicyclic) bond motifs is 15. The lowest BCUT2D eigenvalue weighted by Crippen LogP contribution is -2.27. The zero-order valence-corrected chi connectivity index (χ0v) is 41.1. The third-order valence-corrected chi connectivity index (χ3v) is 15.8. The van der Waals surface area contributed by atoms with Crippen molar-refractivity contribution in [1.82, 2.24) is 0 Å². The Hall–Kier alpha value is -5.96. The Labute approximate surface area is 390 Å². The quantitative estimate of drug-likeness (QED) is 0.171. The second-order valence-electron chi connectivity index (χ2n) is 23.1. The van der Waals surface area contributed by atoms with Crippen molar-refractivity contribution in [3.05, 3.63) is 196 Å². The first-order valence-electron chi connectivity index (χ1n) is 23.6. The Bertz CT molecular complexity index is 3320. The lowest BCUT2D eigenvalue weighted by Gasteiger charge is -2.34. The minimum Gasteiger partial charge on any atom is -0.309 e. The van der Waals surface area contributed by atoms with Gasteiger partial charge in [-0.25, -0.2) is 0 Å². The molecule has 0 amide bonds. The van der Waals surface area contributed by atoms with Gasteiger partial charge < -0.3 is 4.90 Å². The van der Waals surface area contributed by atoms with E-state index in [1.165, 1.54) is 115 Å². The molecule has 0 unspecified atom stereocenters. The summed E-state index contributed by atoms with van der Waals surface area (Å²) in [7, 11) is 0. The van der Waals surface area contributed by atoms with Crippen molar-refractivity contribution in [1.29, 1.82) is 0 Å². The van der Waals surface area contributed by atoms with E-state index in [0.717, 1.165) is 0 Å². The maximum absolute atomic E-state index is 2.62. The van der Waals surface area contributed by atoms with Crippen LogP contribution in [0.15, 0.2) is 152 Å². The predicted octanol–water partition coefficient (Wildman–Crippen LogP) is 18.2. The van der Waals surface area contributed by atoms with Crippen LogP contribution >= 0.6 is 11.3 Å². The Morgan fingerprint density at radius 2 is 0.877 bits per heavy atom. The molecule has 9 aromatic rings. The molecule has 324 valence electrons. The van der Waals surface area contributed by atoms with Gasteiger partial charge in [0.2, 0.25) is 0 Å². The number of hydrogen-bond donors (Lipinski definition) is 0. The molecule has 0 saturated heterocycles. The molecule has 1 heterocycles. The van der Waals surface area contributed by atoms with Crippen molar-refractivity contribution in [3.63, 3.8) is 0 Å². The van der Waals surface area contributed by atoms with Crippen LogP contribution in [0.5, 0.6) is 0 Å². The summed E-state index contributed by atoms with van der Waals surface area (Å²) in [4.78, 5) is 2.62. The zero-order chi connectivity index (χ0) is 45.6. The first-order valence-corrected chi connectivity index (χ1v) is 24.4. The predicted molar refractivity (Wildman–Crippen MR) is 283 cm³/mol. The Balaban J connectivity index is 1.29. The summed E-state index contributed by atoms with van der Waals surface area (Å²) in [6, 6.07) is 59.4. The summed E-state index contributed by atoms with van der Waals surface area (Å²) >= 11 is 1.92. The molecule has 2 aliphatic rings. The number of rotatable bonds is 3. The van der Waals surface area contributed by atoms with Crippen LogP contribution in [0.1, 0.15) is 128 Å². The van der Waals surface area contributed by atoms with Gasteiger partial charge in [0.1, 0.15) is 0 Å². The SMILES string of the molecule is CC(C)(C)c1cc(N(c2ccc3c(c2)C2(c4ccccc4-3)c3cc(C(C)(C)C)ccc3-c3ccc(C(C)(C)C)cc32)c2cc3ccccc3c3c2sc2ccccc23)cc(C(C)(C)C)c1. The van der Waals surface area contributed by atoms with Gasteiger partial charge in [-0.3, -0.25) is 0 Å². The van der Waals surface area contributed by atoms with E-state index in [1.54, 1.807) is 0 Å². The first-order chi connectivity index (χ1) is 30.7. The highest BCUT2D eigenvalue weighted by Gasteiger charge is 2.52. The molecule has 1 spiro atoms. The third kappa shape index (κ3) is 6.30. The van der Waals surface area contributed by atoms with Gasteiger partial charge in [0.15, 0.2) is 0 Å². The van der Waals surface area contributed by atoms with E-state index in [1.807, 2.05) is 11.3 Å². The van der Waals surface area contributed by atoms with Crippen molar-refractivity contribution < 1.29 is 0 Å². The van der Waals surface area contributed by atoms with Gasteiger partial charge >= 0.3 is 0 Å². The smallest absolute Gasteiger partial charge is 0.0726 e. The standard InChI is InChI=1S/C63H61NS/c1-59(2,3)39-25-28-47-48-29-26-40(60(4,5)6)36-53(48)63(52(47)35-39)51-23-17-15-21-46(51)49-30-27-43(37-54(49)63)64(44-33-41(61(7,8)9)32-42(34-44)62(10,11)12)55-31-38-19-13-14-20-45(38)57-50-22-16-18-24-56(50)65-58(55)57/h13-37H,1-12H3. The molecule has 0 atom stereocenters. The topological polar surface area (TPSA) is 3.24 Å². The molecule has 65 heavy (non-hydrogen) atoms. The Morgan fingerprint density at radius 1 is 0.385 bits per heavy atom. The number of anilines is 3. The van der Waals surface area contributed by atoms with Crippen molar-refractivity contribution in [3.8, 4) is 22.3 Å². The maximum atomic E-state index is 2.62. The van der Waals surface area contributed by atoms with E-state index in [4.69, 9.17) is 0 Å². The molecular formula is C63H61NS. The highest BCUT2D eigenvalue weighted by atomic mass is 32.1. The summed E-state index contributed by atoms with van der Waals surface area (Å²) in [6.07, 6.45) is 0. The molecule has 0 fully saturated rings. The summed E-state index contributed by atoms with van der Waals surface area (Å²) in [5, 5.41) is 5.20. The van der Waals surface area contributed by atoms with Crippen LogP contribution < -0.4 is 4.90 Å². The summed E-state index contributed by atoms with van der Waals surface area (Å²) in [5.41, 5.74) is 19.1. The Morgan fingerprint density at radius 3 is 1.48 bits per heavy atom. The molecule has 1 aromatic heterocycles. The van der Waals surface area contributed by atoms with Crippen LogP contribution in [-0.2, 0) is 27.1 Å².